The molecule has 0 N–H and O–H groups in total. The van der Waals surface area contributed by atoms with Crippen molar-refractivity contribution in [3.63, 3.8) is 0 Å². The number of carbonyl (C=O) groups excluding carboxylic acids is 2. The van der Waals surface area contributed by atoms with E-state index in [0.717, 1.165) is 16.6 Å². The Morgan fingerprint density at radius 3 is 2.44 bits per heavy atom. The minimum Gasteiger partial charge on any atom is -0.466 e. The third-order valence-corrected chi connectivity index (χ3v) is 4.07. The van der Waals surface area contributed by atoms with Crippen LogP contribution in [0.5, 0.6) is 0 Å². The third kappa shape index (κ3) is 3.55. The van der Waals surface area contributed by atoms with Gasteiger partial charge < -0.3 is 14.0 Å². The van der Waals surface area contributed by atoms with Crippen LogP contribution in [0.3, 0.4) is 0 Å². The number of hydrogen-bond donors (Lipinski definition) is 0. The van der Waals surface area contributed by atoms with Crippen LogP contribution >= 0.6 is 0 Å². The summed E-state index contributed by atoms with van der Waals surface area (Å²) in [4.78, 5) is 24.5. The van der Waals surface area contributed by atoms with E-state index in [2.05, 4.69) is 0 Å². The Kier molecular flexibility index (Phi) is 4.84. The molecule has 0 saturated heterocycles. The number of aryl methyl sites for hydroxylation is 1. The minimum absolute atomic E-state index is 0.0275. The van der Waals surface area contributed by atoms with Crippen LogP contribution in [0.2, 0.25) is 0 Å². The van der Waals surface area contributed by atoms with Gasteiger partial charge in [-0.1, -0.05) is 48.5 Å². The second-order valence-electron chi connectivity index (χ2n) is 5.73. The Labute approximate surface area is 145 Å². The molecule has 3 rings (SSSR count). The second-order valence-corrected chi connectivity index (χ2v) is 5.73. The van der Waals surface area contributed by atoms with Crippen LogP contribution in [0.1, 0.15) is 17.4 Å². The molecule has 0 spiro atoms. The lowest BCUT2D eigenvalue weighted by atomic mass is 10.1. The fourth-order valence-electron chi connectivity index (χ4n) is 2.84. The summed E-state index contributed by atoms with van der Waals surface area (Å²) in [5.74, 6) is -1.10. The van der Waals surface area contributed by atoms with E-state index in [1.165, 1.54) is 7.11 Å². The van der Waals surface area contributed by atoms with Crippen molar-refractivity contribution in [3.05, 3.63) is 71.9 Å². The van der Waals surface area contributed by atoms with Crippen molar-refractivity contribution in [1.82, 2.24) is 4.57 Å². The molecular weight excluding hydrogens is 318 g/mol. The van der Waals surface area contributed by atoms with Gasteiger partial charge in [-0.25, -0.2) is 4.79 Å². The van der Waals surface area contributed by atoms with Gasteiger partial charge in [0.2, 0.25) is 6.10 Å². The number of aromatic nitrogens is 1. The topological polar surface area (TPSA) is 57.5 Å². The van der Waals surface area contributed by atoms with E-state index in [4.69, 9.17) is 9.47 Å². The van der Waals surface area contributed by atoms with Gasteiger partial charge in [0.25, 0.3) is 0 Å². The molecule has 0 aliphatic carbocycles. The second kappa shape index (κ2) is 7.21. The first-order valence-electron chi connectivity index (χ1n) is 7.97. The van der Waals surface area contributed by atoms with Gasteiger partial charge in [0.05, 0.1) is 7.11 Å². The highest BCUT2D eigenvalue weighted by Crippen LogP contribution is 2.22. The van der Waals surface area contributed by atoms with Crippen molar-refractivity contribution < 1.29 is 19.1 Å². The molecule has 25 heavy (non-hydrogen) atoms. The number of rotatable bonds is 5. The molecule has 1 heterocycles. The van der Waals surface area contributed by atoms with E-state index < -0.39 is 18.0 Å². The summed E-state index contributed by atoms with van der Waals surface area (Å²) in [6.07, 6.45) is -1.07. The molecule has 0 fully saturated rings. The molecule has 5 nitrogen and oxygen atoms in total. The third-order valence-electron chi connectivity index (χ3n) is 4.07. The standard InChI is InChI=1S/C20H19NO4/c1-14-12-16-10-6-7-11-17(16)21(14)13-18(22)25-19(20(23)24-2)15-8-4-3-5-9-15/h3-12,19H,13H2,1-2H3/t19-/m1/s1. The molecule has 0 unspecified atom stereocenters. The summed E-state index contributed by atoms with van der Waals surface area (Å²) in [5, 5.41) is 1.06. The number of ether oxygens (including phenoxy) is 2. The number of nitrogens with zero attached hydrogens (tertiary/aromatic N) is 1. The fraction of sp³-hybridized carbons (Fsp3) is 0.200. The lowest BCUT2D eigenvalue weighted by Gasteiger charge is -2.17. The molecule has 0 bridgehead atoms. The van der Waals surface area contributed by atoms with Gasteiger partial charge in [-0.3, -0.25) is 4.79 Å². The number of fused-ring (bicyclic) bond motifs is 1. The van der Waals surface area contributed by atoms with Crippen LogP contribution in [0, 0.1) is 6.92 Å². The Morgan fingerprint density at radius 2 is 1.72 bits per heavy atom. The summed E-state index contributed by atoms with van der Waals surface area (Å²) < 4.78 is 12.1. The van der Waals surface area contributed by atoms with Crippen LogP contribution in [0.4, 0.5) is 0 Å². The van der Waals surface area contributed by atoms with Crippen molar-refractivity contribution in [2.45, 2.75) is 19.6 Å². The summed E-state index contributed by atoms with van der Waals surface area (Å²) in [6, 6.07) is 18.7. The van der Waals surface area contributed by atoms with Crippen molar-refractivity contribution >= 4 is 22.8 Å². The van der Waals surface area contributed by atoms with Crippen LogP contribution in [0.15, 0.2) is 60.7 Å². The molecule has 0 aliphatic rings. The van der Waals surface area contributed by atoms with E-state index in [1.54, 1.807) is 24.3 Å². The van der Waals surface area contributed by atoms with E-state index in [0.29, 0.717) is 5.56 Å². The molecule has 0 radical (unpaired) electrons. The quantitative estimate of drug-likeness (QED) is 0.670. The fourth-order valence-corrected chi connectivity index (χ4v) is 2.84. The smallest absolute Gasteiger partial charge is 0.351 e. The summed E-state index contributed by atoms with van der Waals surface area (Å²) in [5.41, 5.74) is 2.48. The van der Waals surface area contributed by atoms with Crippen LogP contribution in [-0.2, 0) is 25.6 Å². The first-order chi connectivity index (χ1) is 12.1. The first kappa shape index (κ1) is 16.8. The molecule has 5 heteroatoms. The maximum Gasteiger partial charge on any atom is 0.351 e. The van der Waals surface area contributed by atoms with Crippen molar-refractivity contribution in [1.29, 1.82) is 0 Å². The first-order valence-corrected chi connectivity index (χ1v) is 7.97. The van der Waals surface area contributed by atoms with Crippen LogP contribution < -0.4 is 0 Å². The monoisotopic (exact) mass is 337 g/mol. The van der Waals surface area contributed by atoms with Gasteiger partial charge in [-0.2, -0.15) is 0 Å². The zero-order chi connectivity index (χ0) is 17.8. The molecule has 1 atom stereocenters. The summed E-state index contributed by atoms with van der Waals surface area (Å²) >= 11 is 0. The Morgan fingerprint density at radius 1 is 1.04 bits per heavy atom. The molecule has 128 valence electrons. The molecule has 0 saturated carbocycles. The van der Waals surface area contributed by atoms with Gasteiger partial charge >= 0.3 is 11.9 Å². The zero-order valence-electron chi connectivity index (χ0n) is 14.1. The number of benzene rings is 2. The van der Waals surface area contributed by atoms with Gasteiger partial charge in [-0.05, 0) is 24.4 Å². The molecular formula is C20H19NO4. The van der Waals surface area contributed by atoms with Crippen molar-refractivity contribution in [2.75, 3.05) is 7.11 Å². The number of methoxy groups -OCH3 is 1. The van der Waals surface area contributed by atoms with Gasteiger partial charge in [-0.15, -0.1) is 0 Å². The van der Waals surface area contributed by atoms with Gasteiger partial charge in [0.15, 0.2) is 0 Å². The maximum absolute atomic E-state index is 12.5. The minimum atomic E-state index is -1.07. The van der Waals surface area contributed by atoms with Crippen LogP contribution in [-0.4, -0.2) is 23.6 Å². The predicted octanol–water partition coefficient (Wildman–Crippen LogP) is 3.41. The lowest BCUT2D eigenvalue weighted by molar-refractivity contribution is -0.167. The lowest BCUT2D eigenvalue weighted by Crippen LogP contribution is -2.23. The SMILES string of the molecule is COC(=O)[C@H](OC(=O)Cn1c(C)cc2ccccc21)c1ccccc1. The zero-order valence-corrected chi connectivity index (χ0v) is 14.1. The summed E-state index contributed by atoms with van der Waals surface area (Å²) in [7, 11) is 1.27. The average Bonchev–Trinajstić information content (AvgIpc) is 2.95. The van der Waals surface area contributed by atoms with E-state index in [9.17, 15) is 9.59 Å². The van der Waals surface area contributed by atoms with Gasteiger partial charge in [0.1, 0.15) is 6.54 Å². The molecule has 1 aromatic heterocycles. The van der Waals surface area contributed by atoms with Crippen molar-refractivity contribution in [3.8, 4) is 0 Å². The highest BCUT2D eigenvalue weighted by molar-refractivity contribution is 5.84. The highest BCUT2D eigenvalue weighted by atomic mass is 16.6. The van der Waals surface area contributed by atoms with E-state index in [-0.39, 0.29) is 6.54 Å². The number of carbonyl (C=O) groups is 2. The Hall–Kier alpha value is -3.08. The molecule has 0 amide bonds. The molecule has 2 aromatic carbocycles. The Balaban J connectivity index is 1.82. The largest absolute Gasteiger partial charge is 0.466 e. The van der Waals surface area contributed by atoms with E-state index >= 15 is 0 Å². The predicted molar refractivity (Wildman–Crippen MR) is 94.0 cm³/mol. The van der Waals surface area contributed by atoms with Gasteiger partial charge in [0, 0.05) is 16.8 Å². The van der Waals surface area contributed by atoms with Crippen molar-refractivity contribution in [2.24, 2.45) is 0 Å². The maximum atomic E-state index is 12.5. The summed E-state index contributed by atoms with van der Waals surface area (Å²) in [6.45, 7) is 1.96. The molecule has 0 aliphatic heterocycles. The number of hydrogen-bond acceptors (Lipinski definition) is 4. The van der Waals surface area contributed by atoms with E-state index in [1.807, 2.05) is 47.9 Å². The molecule has 3 aromatic rings. The number of para-hydroxylation sites is 1. The average molecular weight is 337 g/mol. The normalized spacial score (nSPS) is 11.9. The van der Waals surface area contributed by atoms with Crippen LogP contribution in [0.25, 0.3) is 10.9 Å². The Bertz CT molecular complexity index is 898. The number of esters is 2. The highest BCUT2D eigenvalue weighted by Gasteiger charge is 2.26.